The van der Waals surface area contributed by atoms with Crippen LogP contribution < -0.4 is 9.47 Å². The minimum absolute atomic E-state index is 0.00719. The number of hydrogen-bond acceptors (Lipinski definition) is 8. The lowest BCUT2D eigenvalue weighted by molar-refractivity contribution is -0.188. The summed E-state index contributed by atoms with van der Waals surface area (Å²) in [5.41, 5.74) is 0.00228. The van der Waals surface area contributed by atoms with E-state index in [9.17, 15) is 19.5 Å². The minimum atomic E-state index is -1.07. The zero-order chi connectivity index (χ0) is 25.9. The van der Waals surface area contributed by atoms with E-state index < -0.39 is 35.2 Å². The summed E-state index contributed by atoms with van der Waals surface area (Å²) in [6, 6.07) is 3.59. The van der Waals surface area contributed by atoms with Gasteiger partial charge in [0, 0.05) is 24.6 Å². The summed E-state index contributed by atoms with van der Waals surface area (Å²) in [6.45, 7) is 3.57. The van der Waals surface area contributed by atoms with Crippen molar-refractivity contribution >= 4 is 17.9 Å². The molecule has 1 spiro atoms. The number of hydrogen-bond donors (Lipinski definition) is 2. The summed E-state index contributed by atoms with van der Waals surface area (Å²) in [7, 11) is 0. The monoisotopic (exact) mass is 513 g/mol. The van der Waals surface area contributed by atoms with Crippen molar-refractivity contribution in [2.75, 3.05) is 19.7 Å². The third-order valence-electron chi connectivity index (χ3n) is 9.41. The summed E-state index contributed by atoms with van der Waals surface area (Å²) >= 11 is 0. The van der Waals surface area contributed by atoms with Crippen LogP contribution in [0.3, 0.4) is 0 Å². The number of carbonyl (C=O) groups excluding carboxylic acids is 2. The molecular weight excluding hydrogens is 478 g/mol. The molecule has 2 heterocycles. The second-order valence-corrected chi connectivity index (χ2v) is 11.6. The maximum atomic E-state index is 13.1. The fourth-order valence-electron chi connectivity index (χ4n) is 7.28. The third kappa shape index (κ3) is 3.84. The van der Waals surface area contributed by atoms with Gasteiger partial charge in [0.25, 0.3) is 0 Å². The molecule has 5 aliphatic rings. The maximum absolute atomic E-state index is 13.1. The second kappa shape index (κ2) is 8.98. The van der Waals surface area contributed by atoms with Crippen molar-refractivity contribution in [3.05, 3.63) is 23.3 Å². The Morgan fingerprint density at radius 3 is 2.81 bits per heavy atom. The fourth-order valence-corrected chi connectivity index (χ4v) is 7.28. The summed E-state index contributed by atoms with van der Waals surface area (Å²) < 4.78 is 17.1. The van der Waals surface area contributed by atoms with E-state index in [1.165, 1.54) is 12.8 Å². The Morgan fingerprint density at radius 2 is 2.05 bits per heavy atom. The summed E-state index contributed by atoms with van der Waals surface area (Å²) in [4.78, 5) is 39.0. The molecule has 1 aromatic carbocycles. The van der Waals surface area contributed by atoms with E-state index in [-0.39, 0.29) is 30.6 Å². The number of nitrogens with zero attached hydrogens (tertiary/aromatic N) is 1. The van der Waals surface area contributed by atoms with Crippen LogP contribution >= 0.6 is 0 Å². The van der Waals surface area contributed by atoms with E-state index in [0.717, 1.165) is 24.2 Å². The molecule has 3 aliphatic carbocycles. The van der Waals surface area contributed by atoms with Gasteiger partial charge in [-0.3, -0.25) is 14.5 Å². The first-order valence-corrected chi connectivity index (χ1v) is 13.6. The van der Waals surface area contributed by atoms with E-state index in [1.807, 2.05) is 6.07 Å². The van der Waals surface area contributed by atoms with Crippen molar-refractivity contribution in [1.82, 2.24) is 4.90 Å². The molecule has 2 bridgehead atoms. The number of benzene rings is 1. The van der Waals surface area contributed by atoms with E-state index in [4.69, 9.17) is 19.3 Å². The highest BCUT2D eigenvalue weighted by atomic mass is 16.7. The van der Waals surface area contributed by atoms with Crippen molar-refractivity contribution in [3.63, 3.8) is 0 Å². The molecule has 0 aromatic heterocycles. The molecule has 0 radical (unpaired) electrons. The molecule has 1 unspecified atom stereocenters. The van der Waals surface area contributed by atoms with Crippen molar-refractivity contribution in [3.8, 4) is 11.5 Å². The van der Waals surface area contributed by atoms with Crippen molar-refractivity contribution in [2.45, 2.75) is 87.9 Å². The lowest BCUT2D eigenvalue weighted by atomic mass is 9.49. The summed E-state index contributed by atoms with van der Waals surface area (Å²) in [6.07, 6.45) is 4.52. The van der Waals surface area contributed by atoms with Crippen LogP contribution in [0.5, 0.6) is 11.5 Å². The first kappa shape index (κ1) is 24.7. The van der Waals surface area contributed by atoms with Gasteiger partial charge in [-0.2, -0.15) is 0 Å². The number of likely N-dealkylation sites (tertiary alicyclic amines) is 1. The Kier molecular flexibility index (Phi) is 5.99. The molecule has 200 valence electrons. The van der Waals surface area contributed by atoms with Crippen LogP contribution in [0, 0.1) is 11.8 Å². The summed E-state index contributed by atoms with van der Waals surface area (Å²) in [5.74, 6) is 0.0212. The zero-order valence-electron chi connectivity index (χ0n) is 21.2. The molecule has 2 N–H and O–H groups in total. The number of unbranched alkanes of at least 4 members (excludes halogenated alkanes) is 1. The lowest BCUT2D eigenvalue weighted by Crippen LogP contribution is -2.76. The Hall–Kier alpha value is -2.65. The van der Waals surface area contributed by atoms with E-state index in [2.05, 4.69) is 4.90 Å². The van der Waals surface area contributed by atoms with E-state index in [0.29, 0.717) is 50.2 Å². The normalized spacial score (nSPS) is 32.3. The number of Topliss-reactive ketones (excluding diaryl/α,β-unsaturated/α-hetero) is 1. The zero-order valence-corrected chi connectivity index (χ0v) is 21.2. The van der Waals surface area contributed by atoms with Crippen LogP contribution in [0.15, 0.2) is 12.1 Å². The molecule has 9 heteroatoms. The van der Waals surface area contributed by atoms with Crippen molar-refractivity contribution < 1.29 is 38.8 Å². The molecule has 37 heavy (non-hydrogen) atoms. The van der Waals surface area contributed by atoms with Crippen LogP contribution in [0.2, 0.25) is 0 Å². The van der Waals surface area contributed by atoms with Crippen LogP contribution in [-0.4, -0.2) is 70.5 Å². The van der Waals surface area contributed by atoms with Crippen LogP contribution in [0.25, 0.3) is 0 Å². The molecule has 5 atom stereocenters. The minimum Gasteiger partial charge on any atom is -0.481 e. The number of ketones is 1. The van der Waals surface area contributed by atoms with Gasteiger partial charge in [0.2, 0.25) is 0 Å². The van der Waals surface area contributed by atoms with Crippen LogP contribution in [0.1, 0.15) is 69.4 Å². The second-order valence-electron chi connectivity index (χ2n) is 11.6. The van der Waals surface area contributed by atoms with Crippen molar-refractivity contribution in [2.24, 2.45) is 11.8 Å². The Balaban J connectivity index is 1.22. The lowest BCUT2D eigenvalue weighted by Gasteiger charge is -2.62. The number of carbonyl (C=O) groups is 3. The maximum Gasteiger partial charge on any atom is 0.513 e. The molecule has 1 saturated heterocycles. The third-order valence-corrected chi connectivity index (χ3v) is 9.41. The van der Waals surface area contributed by atoms with Crippen molar-refractivity contribution in [1.29, 1.82) is 0 Å². The summed E-state index contributed by atoms with van der Waals surface area (Å²) in [5, 5.41) is 21.3. The SMILES string of the molecule is CC(CCCCOC(=O)Oc1ccc2c3c1O[C@H]1C(=O)CC[C@@]4(O)[C@@H](C2)N(CC2CC2)CC[C@]314)C(=O)O. The molecule has 9 nitrogen and oxygen atoms in total. The molecule has 6 rings (SSSR count). The Morgan fingerprint density at radius 1 is 1.24 bits per heavy atom. The van der Waals surface area contributed by atoms with Gasteiger partial charge >= 0.3 is 12.1 Å². The largest absolute Gasteiger partial charge is 0.513 e. The number of ether oxygens (including phenoxy) is 3. The highest BCUT2D eigenvalue weighted by Crippen LogP contribution is 2.65. The van der Waals surface area contributed by atoms with Gasteiger partial charge in [-0.05, 0) is 75.5 Å². The number of carboxylic acid groups (broad SMARTS) is 1. The number of carboxylic acids is 1. The number of aliphatic carboxylic acids is 1. The van der Waals surface area contributed by atoms with Crippen LogP contribution in [0.4, 0.5) is 4.79 Å². The van der Waals surface area contributed by atoms with Gasteiger partial charge in [0.05, 0.1) is 23.5 Å². The smallest absolute Gasteiger partial charge is 0.481 e. The number of piperidine rings is 1. The molecule has 0 amide bonds. The standard InChI is InChI=1S/C28H35NO8/c1-16(25(31)32)4-2-3-13-35-26(33)36-20-8-7-18-14-21-28(34)10-9-19(30)24-27(28,22(18)23(20)37-24)11-12-29(21)15-17-5-6-17/h7-8,16-17,21,24,34H,2-6,9-15H2,1H3,(H,31,32)/t16?,21-,24+,27+,28-/m1/s1. The molecule has 3 fully saturated rings. The van der Waals surface area contributed by atoms with Gasteiger partial charge in [-0.1, -0.05) is 13.0 Å². The van der Waals surface area contributed by atoms with Gasteiger partial charge in [-0.15, -0.1) is 0 Å². The quantitative estimate of drug-likeness (QED) is 0.291. The molecular formula is C28H35NO8. The van der Waals surface area contributed by atoms with Crippen LogP contribution in [-0.2, 0) is 26.2 Å². The first-order valence-electron chi connectivity index (χ1n) is 13.6. The Labute approximate surface area is 216 Å². The van der Waals surface area contributed by atoms with E-state index >= 15 is 0 Å². The first-order chi connectivity index (χ1) is 17.7. The van der Waals surface area contributed by atoms with Gasteiger partial charge in [0.1, 0.15) is 0 Å². The predicted octanol–water partition coefficient (Wildman–Crippen LogP) is 3.23. The fraction of sp³-hybridized carbons (Fsp3) is 0.679. The molecule has 2 aliphatic heterocycles. The topological polar surface area (TPSA) is 123 Å². The molecule has 2 saturated carbocycles. The average Bonchev–Trinajstić information content (AvgIpc) is 3.60. The number of aliphatic hydroxyl groups is 1. The molecule has 1 aromatic rings. The van der Waals surface area contributed by atoms with Gasteiger partial charge in [-0.25, -0.2) is 4.79 Å². The highest BCUT2D eigenvalue weighted by molar-refractivity contribution is 5.90. The highest BCUT2D eigenvalue weighted by Gasteiger charge is 2.73. The average molecular weight is 514 g/mol. The number of rotatable bonds is 9. The predicted molar refractivity (Wildman–Crippen MR) is 131 cm³/mol. The van der Waals surface area contributed by atoms with Gasteiger partial charge < -0.3 is 24.4 Å². The van der Waals surface area contributed by atoms with Gasteiger partial charge in [0.15, 0.2) is 23.4 Å². The Bertz CT molecular complexity index is 1130. The van der Waals surface area contributed by atoms with E-state index in [1.54, 1.807) is 13.0 Å².